The normalized spacial score (nSPS) is 14.5. The fourth-order valence-electron chi connectivity index (χ4n) is 4.43. The monoisotopic (exact) mass is 459 g/mol. The molecule has 6 nitrogen and oxygen atoms in total. The van der Waals surface area contributed by atoms with E-state index in [4.69, 9.17) is 4.98 Å². The second kappa shape index (κ2) is 8.63. The van der Waals surface area contributed by atoms with Crippen LogP contribution < -0.4 is 4.90 Å². The van der Waals surface area contributed by atoms with Crippen LogP contribution in [0.4, 0.5) is 5.69 Å². The zero-order chi connectivity index (χ0) is 23.1. The number of piperazine rings is 1. The molecule has 5 rings (SSSR count). The third kappa shape index (κ3) is 4.13. The number of anilines is 1. The van der Waals surface area contributed by atoms with Crippen LogP contribution in [-0.4, -0.2) is 51.8 Å². The second-order valence-electron chi connectivity index (χ2n) is 9.00. The standard InChI is InChI=1S/C26H29N5OS/c1-17(2)31-25-22(16-27-31)21(15-23(28-25)24-9-8-19(4)33-24)26(32)30-12-10-29(11-13-30)20-7-5-6-18(3)14-20/h5-9,14-17H,10-13H2,1-4H3. The predicted octanol–water partition coefficient (Wildman–Crippen LogP) is 5.32. The van der Waals surface area contributed by atoms with Gasteiger partial charge in [-0.1, -0.05) is 12.1 Å². The minimum atomic E-state index is 0.0594. The summed E-state index contributed by atoms with van der Waals surface area (Å²) in [6.45, 7) is 11.4. The minimum Gasteiger partial charge on any atom is -0.368 e. The van der Waals surface area contributed by atoms with E-state index in [-0.39, 0.29) is 11.9 Å². The minimum absolute atomic E-state index is 0.0594. The molecule has 0 radical (unpaired) electrons. The Morgan fingerprint density at radius 1 is 1.03 bits per heavy atom. The average molecular weight is 460 g/mol. The second-order valence-corrected chi connectivity index (χ2v) is 10.3. The molecule has 7 heteroatoms. The Hall–Kier alpha value is -3.19. The van der Waals surface area contributed by atoms with Crippen molar-refractivity contribution < 1.29 is 4.79 Å². The number of rotatable bonds is 4. The van der Waals surface area contributed by atoms with Crippen LogP contribution in [-0.2, 0) is 0 Å². The topological polar surface area (TPSA) is 54.3 Å². The van der Waals surface area contributed by atoms with Crippen LogP contribution in [0, 0.1) is 13.8 Å². The fourth-order valence-corrected chi connectivity index (χ4v) is 5.26. The fraction of sp³-hybridized carbons (Fsp3) is 0.346. The van der Waals surface area contributed by atoms with Crippen molar-refractivity contribution in [3.63, 3.8) is 0 Å². The molecule has 1 aliphatic rings. The molecule has 170 valence electrons. The predicted molar refractivity (Wildman–Crippen MR) is 135 cm³/mol. The lowest BCUT2D eigenvalue weighted by atomic mass is 10.1. The molecule has 3 aromatic heterocycles. The number of carbonyl (C=O) groups is 1. The molecule has 0 aliphatic carbocycles. The highest BCUT2D eigenvalue weighted by molar-refractivity contribution is 7.15. The van der Waals surface area contributed by atoms with Crippen molar-refractivity contribution in [2.45, 2.75) is 33.7 Å². The number of fused-ring (bicyclic) bond motifs is 1. The van der Waals surface area contributed by atoms with Gasteiger partial charge in [0.15, 0.2) is 5.65 Å². The molecule has 0 saturated carbocycles. The maximum atomic E-state index is 13.7. The molecule has 4 heterocycles. The highest BCUT2D eigenvalue weighted by Crippen LogP contribution is 2.31. The average Bonchev–Trinajstić information content (AvgIpc) is 3.44. The molecule has 0 atom stereocenters. The van der Waals surface area contributed by atoms with Crippen molar-refractivity contribution in [2.24, 2.45) is 0 Å². The lowest BCUT2D eigenvalue weighted by molar-refractivity contribution is 0.0748. The number of benzene rings is 1. The first-order valence-electron chi connectivity index (χ1n) is 11.5. The summed E-state index contributed by atoms with van der Waals surface area (Å²) in [6.07, 6.45) is 1.79. The first kappa shape index (κ1) is 21.6. The summed E-state index contributed by atoms with van der Waals surface area (Å²) in [5.41, 5.74) is 4.78. The zero-order valence-corrected chi connectivity index (χ0v) is 20.4. The summed E-state index contributed by atoms with van der Waals surface area (Å²) in [6, 6.07) is 14.9. The molecule has 0 spiro atoms. The summed E-state index contributed by atoms with van der Waals surface area (Å²) >= 11 is 1.70. The molecule has 0 unspecified atom stereocenters. The van der Waals surface area contributed by atoms with Crippen LogP contribution in [0.5, 0.6) is 0 Å². The van der Waals surface area contributed by atoms with Gasteiger partial charge < -0.3 is 9.80 Å². The van der Waals surface area contributed by atoms with Gasteiger partial charge in [0.05, 0.1) is 27.7 Å². The zero-order valence-electron chi connectivity index (χ0n) is 19.6. The third-order valence-electron chi connectivity index (χ3n) is 6.21. The molecule has 1 saturated heterocycles. The number of aryl methyl sites for hydroxylation is 2. The third-order valence-corrected chi connectivity index (χ3v) is 7.24. The van der Waals surface area contributed by atoms with Gasteiger partial charge in [0.1, 0.15) is 0 Å². The summed E-state index contributed by atoms with van der Waals surface area (Å²) < 4.78 is 1.91. The molecule has 33 heavy (non-hydrogen) atoms. The Bertz CT molecular complexity index is 1310. The van der Waals surface area contributed by atoms with E-state index in [0.717, 1.165) is 34.7 Å². The van der Waals surface area contributed by atoms with Gasteiger partial charge in [-0.15, -0.1) is 11.3 Å². The van der Waals surface area contributed by atoms with Gasteiger partial charge in [-0.2, -0.15) is 5.10 Å². The van der Waals surface area contributed by atoms with Crippen LogP contribution in [0.2, 0.25) is 0 Å². The largest absolute Gasteiger partial charge is 0.368 e. The quantitative estimate of drug-likeness (QED) is 0.414. The molecule has 1 aliphatic heterocycles. The van der Waals surface area contributed by atoms with E-state index in [1.54, 1.807) is 17.5 Å². The number of hydrogen-bond donors (Lipinski definition) is 0. The highest BCUT2D eigenvalue weighted by atomic mass is 32.1. The highest BCUT2D eigenvalue weighted by Gasteiger charge is 2.26. The molecule has 4 aromatic rings. The number of nitrogens with zero attached hydrogens (tertiary/aromatic N) is 5. The maximum absolute atomic E-state index is 13.7. The van der Waals surface area contributed by atoms with Gasteiger partial charge in [0.25, 0.3) is 5.91 Å². The van der Waals surface area contributed by atoms with Crippen LogP contribution in [0.25, 0.3) is 21.6 Å². The summed E-state index contributed by atoms with van der Waals surface area (Å²) in [7, 11) is 0. The number of pyridine rings is 1. The Balaban J connectivity index is 1.47. The smallest absolute Gasteiger partial charge is 0.254 e. The van der Waals surface area contributed by atoms with Gasteiger partial charge >= 0.3 is 0 Å². The van der Waals surface area contributed by atoms with Gasteiger partial charge in [-0.3, -0.25) is 4.79 Å². The lowest BCUT2D eigenvalue weighted by Crippen LogP contribution is -2.48. The summed E-state index contributed by atoms with van der Waals surface area (Å²) in [5, 5.41) is 5.39. The van der Waals surface area contributed by atoms with E-state index < -0.39 is 0 Å². The van der Waals surface area contributed by atoms with Crippen LogP contribution in [0.3, 0.4) is 0 Å². The summed E-state index contributed by atoms with van der Waals surface area (Å²) in [5.74, 6) is 0.0594. The van der Waals surface area contributed by atoms with E-state index >= 15 is 0 Å². The molecule has 0 N–H and O–H groups in total. The summed E-state index contributed by atoms with van der Waals surface area (Å²) in [4.78, 5) is 25.3. The molecular weight excluding hydrogens is 430 g/mol. The number of hydrogen-bond acceptors (Lipinski definition) is 5. The van der Waals surface area contributed by atoms with Crippen molar-refractivity contribution in [3.8, 4) is 10.6 Å². The van der Waals surface area contributed by atoms with Crippen molar-refractivity contribution in [3.05, 3.63) is 64.7 Å². The van der Waals surface area contributed by atoms with Gasteiger partial charge in [-0.05, 0) is 63.6 Å². The van der Waals surface area contributed by atoms with E-state index in [1.807, 2.05) is 15.6 Å². The first-order valence-corrected chi connectivity index (χ1v) is 12.3. The number of amides is 1. The van der Waals surface area contributed by atoms with Crippen molar-refractivity contribution in [1.82, 2.24) is 19.7 Å². The van der Waals surface area contributed by atoms with Gasteiger partial charge in [0, 0.05) is 42.8 Å². The first-order chi connectivity index (χ1) is 15.9. The van der Waals surface area contributed by atoms with Crippen molar-refractivity contribution >= 4 is 34.0 Å². The van der Waals surface area contributed by atoms with E-state index in [2.05, 4.69) is 74.1 Å². The van der Waals surface area contributed by atoms with Gasteiger partial charge in [-0.25, -0.2) is 9.67 Å². The number of thiophene rings is 1. The SMILES string of the molecule is Cc1cccc(N2CCN(C(=O)c3cc(-c4ccc(C)s4)nc4c3cnn4C(C)C)CC2)c1. The Morgan fingerprint density at radius 3 is 2.48 bits per heavy atom. The van der Waals surface area contributed by atoms with Crippen molar-refractivity contribution in [1.29, 1.82) is 0 Å². The van der Waals surface area contributed by atoms with Crippen LogP contribution in [0.15, 0.2) is 48.7 Å². The Labute approximate surface area is 198 Å². The van der Waals surface area contributed by atoms with E-state index in [0.29, 0.717) is 18.7 Å². The number of carbonyl (C=O) groups excluding carboxylic acids is 1. The maximum Gasteiger partial charge on any atom is 0.254 e. The molecule has 1 aromatic carbocycles. The van der Waals surface area contributed by atoms with E-state index in [9.17, 15) is 4.79 Å². The van der Waals surface area contributed by atoms with Crippen molar-refractivity contribution in [2.75, 3.05) is 31.1 Å². The van der Waals surface area contributed by atoms with E-state index in [1.165, 1.54) is 16.1 Å². The Morgan fingerprint density at radius 2 is 1.82 bits per heavy atom. The molecule has 0 bridgehead atoms. The number of aromatic nitrogens is 3. The Kier molecular flexibility index (Phi) is 5.66. The van der Waals surface area contributed by atoms with Gasteiger partial charge in [0.2, 0.25) is 0 Å². The molecular formula is C26H29N5OS. The lowest BCUT2D eigenvalue weighted by Gasteiger charge is -2.36. The van der Waals surface area contributed by atoms with Crippen LogP contribution >= 0.6 is 11.3 Å². The van der Waals surface area contributed by atoms with Crippen LogP contribution in [0.1, 0.15) is 40.7 Å². The molecule has 1 amide bonds. The molecule has 1 fully saturated rings.